The number of benzene rings is 1. The Balaban J connectivity index is 1.42. The molecule has 27 heavy (non-hydrogen) atoms. The molecule has 3 rings (SSSR count). The minimum absolute atomic E-state index is 0.0715. The van der Waals surface area contributed by atoms with Crippen molar-refractivity contribution in [2.75, 3.05) is 44.7 Å². The first-order valence-corrected chi connectivity index (χ1v) is 10.3. The van der Waals surface area contributed by atoms with Crippen molar-refractivity contribution in [2.45, 2.75) is 45.1 Å². The molecule has 0 radical (unpaired) electrons. The molecule has 1 saturated heterocycles. The standard InChI is InChI=1S/C22H33N3O2/c1-18(22(26)23-12-11-19-7-4-3-5-8-19)24-13-15-25(16-14-24)20-9-6-10-21(17-20)27-2/h6-7,9-10,17-18H,3-5,8,11-16H2,1-2H3,(H,23,26). The summed E-state index contributed by atoms with van der Waals surface area (Å²) < 4.78 is 5.32. The predicted molar refractivity (Wildman–Crippen MR) is 110 cm³/mol. The van der Waals surface area contributed by atoms with Crippen molar-refractivity contribution in [1.29, 1.82) is 0 Å². The van der Waals surface area contributed by atoms with E-state index in [9.17, 15) is 4.79 Å². The first-order valence-electron chi connectivity index (χ1n) is 10.3. The fraction of sp³-hybridized carbons (Fsp3) is 0.591. The van der Waals surface area contributed by atoms with Gasteiger partial charge in [0.15, 0.2) is 0 Å². The van der Waals surface area contributed by atoms with Crippen LogP contribution in [0.5, 0.6) is 5.75 Å². The number of methoxy groups -OCH3 is 1. The number of hydrogen-bond acceptors (Lipinski definition) is 4. The predicted octanol–water partition coefficient (Wildman–Crippen LogP) is 3.21. The number of carbonyl (C=O) groups is 1. The molecule has 1 fully saturated rings. The number of amides is 1. The summed E-state index contributed by atoms with van der Waals surface area (Å²) in [6.45, 7) is 6.44. The Morgan fingerprint density at radius 1 is 1.22 bits per heavy atom. The van der Waals surface area contributed by atoms with Crippen LogP contribution in [0.1, 0.15) is 39.0 Å². The molecule has 148 valence electrons. The fourth-order valence-electron chi connectivity index (χ4n) is 3.97. The van der Waals surface area contributed by atoms with Gasteiger partial charge in [-0.1, -0.05) is 17.7 Å². The molecule has 1 aliphatic carbocycles. The molecule has 1 atom stereocenters. The molecule has 5 nitrogen and oxygen atoms in total. The average Bonchev–Trinajstić information content (AvgIpc) is 2.74. The highest BCUT2D eigenvalue weighted by atomic mass is 16.5. The Morgan fingerprint density at radius 2 is 2.04 bits per heavy atom. The number of hydrogen-bond donors (Lipinski definition) is 1. The van der Waals surface area contributed by atoms with Crippen LogP contribution in [-0.2, 0) is 4.79 Å². The van der Waals surface area contributed by atoms with E-state index in [1.165, 1.54) is 36.9 Å². The minimum atomic E-state index is -0.0715. The smallest absolute Gasteiger partial charge is 0.237 e. The van der Waals surface area contributed by atoms with Crippen molar-refractivity contribution in [3.05, 3.63) is 35.9 Å². The highest BCUT2D eigenvalue weighted by Gasteiger charge is 2.25. The zero-order valence-corrected chi connectivity index (χ0v) is 16.7. The van der Waals surface area contributed by atoms with E-state index in [-0.39, 0.29) is 11.9 Å². The van der Waals surface area contributed by atoms with Crippen LogP contribution >= 0.6 is 0 Å². The summed E-state index contributed by atoms with van der Waals surface area (Å²) in [5, 5.41) is 3.13. The van der Waals surface area contributed by atoms with Gasteiger partial charge in [0, 0.05) is 44.5 Å². The molecule has 1 heterocycles. The fourth-order valence-corrected chi connectivity index (χ4v) is 3.97. The van der Waals surface area contributed by atoms with Crippen LogP contribution in [0.15, 0.2) is 35.9 Å². The van der Waals surface area contributed by atoms with Crippen molar-refractivity contribution in [3.8, 4) is 5.75 Å². The topological polar surface area (TPSA) is 44.8 Å². The second kappa shape index (κ2) is 9.79. The Hall–Kier alpha value is -2.01. The molecule has 1 N–H and O–H groups in total. The van der Waals surface area contributed by atoms with Crippen molar-refractivity contribution in [1.82, 2.24) is 10.2 Å². The van der Waals surface area contributed by atoms with E-state index in [0.717, 1.165) is 44.9 Å². The molecular formula is C22H33N3O2. The quantitative estimate of drug-likeness (QED) is 0.748. The SMILES string of the molecule is COc1cccc(N2CCN(C(C)C(=O)NCCC3=CCCCC3)CC2)c1. The maximum absolute atomic E-state index is 12.5. The van der Waals surface area contributed by atoms with E-state index in [0.29, 0.717) is 0 Å². The van der Waals surface area contributed by atoms with Crippen molar-refractivity contribution in [2.24, 2.45) is 0 Å². The van der Waals surface area contributed by atoms with Crippen LogP contribution in [0.2, 0.25) is 0 Å². The van der Waals surface area contributed by atoms with Gasteiger partial charge in [-0.25, -0.2) is 0 Å². The number of allylic oxidation sites excluding steroid dienone is 1. The van der Waals surface area contributed by atoms with Gasteiger partial charge in [0.2, 0.25) is 5.91 Å². The molecule has 1 aromatic rings. The maximum Gasteiger partial charge on any atom is 0.237 e. The summed E-state index contributed by atoms with van der Waals surface area (Å²) in [7, 11) is 1.70. The van der Waals surface area contributed by atoms with Crippen LogP contribution in [0, 0.1) is 0 Å². The average molecular weight is 372 g/mol. The van der Waals surface area contributed by atoms with E-state index >= 15 is 0 Å². The molecule has 1 amide bonds. The van der Waals surface area contributed by atoms with Gasteiger partial charge in [-0.15, -0.1) is 0 Å². The van der Waals surface area contributed by atoms with Crippen LogP contribution < -0.4 is 15.0 Å². The molecule has 0 spiro atoms. The lowest BCUT2D eigenvalue weighted by atomic mass is 9.97. The van der Waals surface area contributed by atoms with Crippen LogP contribution in [-0.4, -0.2) is 56.7 Å². The molecule has 0 saturated carbocycles. The van der Waals surface area contributed by atoms with Gasteiger partial charge in [0.05, 0.1) is 13.2 Å². The lowest BCUT2D eigenvalue weighted by Crippen LogP contribution is -2.54. The summed E-state index contributed by atoms with van der Waals surface area (Å²) in [4.78, 5) is 17.2. The number of piperazine rings is 1. The lowest BCUT2D eigenvalue weighted by Gasteiger charge is -2.38. The molecule has 0 bridgehead atoms. The zero-order valence-electron chi connectivity index (χ0n) is 16.7. The van der Waals surface area contributed by atoms with Crippen LogP contribution in [0.4, 0.5) is 5.69 Å². The Bertz CT molecular complexity index is 651. The third-order valence-corrected chi connectivity index (χ3v) is 5.79. The Labute approximate surface area is 163 Å². The molecule has 0 aromatic heterocycles. The normalized spacial score (nSPS) is 19.3. The molecule has 1 aliphatic heterocycles. The van der Waals surface area contributed by atoms with Gasteiger partial charge in [-0.2, -0.15) is 0 Å². The maximum atomic E-state index is 12.5. The van der Waals surface area contributed by atoms with Gasteiger partial charge in [0.1, 0.15) is 5.75 Å². The molecule has 1 aromatic carbocycles. The third kappa shape index (κ3) is 5.48. The number of anilines is 1. The molecule has 5 heteroatoms. The van der Waals surface area contributed by atoms with Gasteiger partial charge < -0.3 is 15.0 Å². The van der Waals surface area contributed by atoms with E-state index in [4.69, 9.17) is 4.74 Å². The number of nitrogens with zero attached hydrogens (tertiary/aromatic N) is 2. The summed E-state index contributed by atoms with van der Waals surface area (Å²) in [6.07, 6.45) is 8.39. The van der Waals surface area contributed by atoms with Crippen LogP contribution in [0.3, 0.4) is 0 Å². The van der Waals surface area contributed by atoms with Gasteiger partial charge in [-0.3, -0.25) is 9.69 Å². The molecule has 1 unspecified atom stereocenters. The third-order valence-electron chi connectivity index (χ3n) is 5.79. The summed E-state index contributed by atoms with van der Waals surface area (Å²) in [5.41, 5.74) is 2.70. The van der Waals surface area contributed by atoms with Gasteiger partial charge in [-0.05, 0) is 51.2 Å². The highest BCUT2D eigenvalue weighted by Crippen LogP contribution is 2.22. The first kappa shape index (κ1) is 19.7. The summed E-state index contributed by atoms with van der Waals surface area (Å²) >= 11 is 0. The Kier molecular flexibility index (Phi) is 7.16. The summed E-state index contributed by atoms with van der Waals surface area (Å²) in [5.74, 6) is 1.04. The highest BCUT2D eigenvalue weighted by molar-refractivity contribution is 5.81. The van der Waals surface area contributed by atoms with Crippen molar-refractivity contribution >= 4 is 11.6 Å². The summed E-state index contributed by atoms with van der Waals surface area (Å²) in [6, 6.07) is 8.12. The second-order valence-electron chi connectivity index (χ2n) is 7.55. The molecule has 2 aliphatic rings. The Morgan fingerprint density at radius 3 is 2.74 bits per heavy atom. The lowest BCUT2D eigenvalue weighted by molar-refractivity contribution is -0.125. The number of ether oxygens (including phenoxy) is 1. The first-order chi connectivity index (χ1) is 13.2. The van der Waals surface area contributed by atoms with Gasteiger partial charge in [0.25, 0.3) is 0 Å². The van der Waals surface area contributed by atoms with Gasteiger partial charge >= 0.3 is 0 Å². The van der Waals surface area contributed by atoms with E-state index in [1.54, 1.807) is 7.11 Å². The zero-order chi connectivity index (χ0) is 19.1. The van der Waals surface area contributed by atoms with Crippen LogP contribution in [0.25, 0.3) is 0 Å². The van der Waals surface area contributed by atoms with Crippen molar-refractivity contribution < 1.29 is 9.53 Å². The largest absolute Gasteiger partial charge is 0.497 e. The molecular weight excluding hydrogens is 338 g/mol. The minimum Gasteiger partial charge on any atom is -0.497 e. The van der Waals surface area contributed by atoms with Crippen molar-refractivity contribution in [3.63, 3.8) is 0 Å². The number of carbonyl (C=O) groups excluding carboxylic acids is 1. The second-order valence-corrected chi connectivity index (χ2v) is 7.55. The van der Waals surface area contributed by atoms with E-state index < -0.39 is 0 Å². The monoisotopic (exact) mass is 371 g/mol. The van der Waals surface area contributed by atoms with E-state index in [2.05, 4.69) is 33.3 Å². The number of nitrogens with one attached hydrogen (secondary N) is 1. The number of rotatable bonds is 7. The van der Waals surface area contributed by atoms with E-state index in [1.807, 2.05) is 19.1 Å².